The zero-order valence-corrected chi connectivity index (χ0v) is 8.36. The van der Waals surface area contributed by atoms with Crippen molar-refractivity contribution in [3.8, 4) is 12.3 Å². The molecule has 1 heterocycles. The molecule has 0 amide bonds. The van der Waals surface area contributed by atoms with Crippen molar-refractivity contribution in [3.63, 3.8) is 0 Å². The van der Waals surface area contributed by atoms with Crippen LogP contribution in [0.1, 0.15) is 18.5 Å². The molecule has 0 fully saturated rings. The van der Waals surface area contributed by atoms with Gasteiger partial charge in [-0.1, -0.05) is 5.92 Å². The fraction of sp³-hybridized carbons (Fsp3) is 0.500. The Labute approximate surface area is 79.4 Å². The van der Waals surface area contributed by atoms with Crippen molar-refractivity contribution in [2.75, 3.05) is 13.6 Å². The molecule has 0 N–H and O–H groups in total. The van der Waals surface area contributed by atoms with Gasteiger partial charge in [0.05, 0.1) is 12.7 Å². The highest BCUT2D eigenvalue weighted by molar-refractivity contribution is 5.09. The van der Waals surface area contributed by atoms with Crippen molar-refractivity contribution in [1.82, 2.24) is 14.7 Å². The molecule has 0 radical (unpaired) electrons. The van der Waals surface area contributed by atoms with Gasteiger partial charge in [-0.25, -0.2) is 0 Å². The third-order valence-electron chi connectivity index (χ3n) is 2.21. The average Bonchev–Trinajstić information content (AvgIpc) is 2.51. The molecule has 0 spiro atoms. The maximum absolute atomic E-state index is 5.24. The standard InChI is InChI=1S/C10H15N3/c1-5-6-12(3)9(2)10-7-11-13(4)8-10/h1,7-9H,6H2,2-4H3. The minimum atomic E-state index is 0.324. The highest BCUT2D eigenvalue weighted by Crippen LogP contribution is 2.16. The summed E-state index contributed by atoms with van der Waals surface area (Å²) in [5, 5.41) is 4.12. The van der Waals surface area contributed by atoms with Crippen molar-refractivity contribution in [2.24, 2.45) is 7.05 Å². The summed E-state index contributed by atoms with van der Waals surface area (Å²) in [5.41, 5.74) is 1.19. The minimum absolute atomic E-state index is 0.324. The first-order valence-corrected chi connectivity index (χ1v) is 4.27. The monoisotopic (exact) mass is 177 g/mol. The van der Waals surface area contributed by atoms with Crippen LogP contribution in [-0.4, -0.2) is 28.3 Å². The first kappa shape index (κ1) is 9.82. The lowest BCUT2D eigenvalue weighted by molar-refractivity contribution is 0.294. The lowest BCUT2D eigenvalue weighted by atomic mass is 10.2. The van der Waals surface area contributed by atoms with E-state index in [9.17, 15) is 0 Å². The average molecular weight is 177 g/mol. The van der Waals surface area contributed by atoms with Crippen molar-refractivity contribution in [2.45, 2.75) is 13.0 Å². The third-order valence-corrected chi connectivity index (χ3v) is 2.21. The SMILES string of the molecule is C#CCN(C)C(C)c1cnn(C)c1. The van der Waals surface area contributed by atoms with Crippen LogP contribution >= 0.6 is 0 Å². The number of aromatic nitrogens is 2. The molecule has 3 heteroatoms. The van der Waals surface area contributed by atoms with Gasteiger partial charge in [-0.3, -0.25) is 9.58 Å². The van der Waals surface area contributed by atoms with Gasteiger partial charge >= 0.3 is 0 Å². The second-order valence-electron chi connectivity index (χ2n) is 3.24. The van der Waals surface area contributed by atoms with Gasteiger partial charge in [0.2, 0.25) is 0 Å². The van der Waals surface area contributed by atoms with Crippen molar-refractivity contribution in [1.29, 1.82) is 0 Å². The molecular weight excluding hydrogens is 162 g/mol. The van der Waals surface area contributed by atoms with Gasteiger partial charge in [0.25, 0.3) is 0 Å². The van der Waals surface area contributed by atoms with E-state index in [-0.39, 0.29) is 0 Å². The van der Waals surface area contributed by atoms with Crippen molar-refractivity contribution in [3.05, 3.63) is 18.0 Å². The molecule has 0 aliphatic carbocycles. The molecular formula is C10H15N3. The summed E-state index contributed by atoms with van der Waals surface area (Å²) >= 11 is 0. The van der Waals surface area contributed by atoms with E-state index < -0.39 is 0 Å². The summed E-state index contributed by atoms with van der Waals surface area (Å²) in [5.74, 6) is 2.62. The summed E-state index contributed by atoms with van der Waals surface area (Å²) in [4.78, 5) is 2.11. The normalized spacial score (nSPS) is 12.8. The first-order chi connectivity index (χ1) is 6.15. The molecule has 0 bridgehead atoms. The van der Waals surface area contributed by atoms with E-state index >= 15 is 0 Å². The quantitative estimate of drug-likeness (QED) is 0.643. The molecule has 70 valence electrons. The van der Waals surface area contributed by atoms with Crippen LogP contribution in [0.5, 0.6) is 0 Å². The van der Waals surface area contributed by atoms with Gasteiger partial charge in [0.15, 0.2) is 0 Å². The van der Waals surface area contributed by atoms with Crippen molar-refractivity contribution < 1.29 is 0 Å². The fourth-order valence-electron chi connectivity index (χ4n) is 1.19. The highest BCUT2D eigenvalue weighted by atomic mass is 15.2. The smallest absolute Gasteiger partial charge is 0.0601 e. The van der Waals surface area contributed by atoms with Crippen LogP contribution < -0.4 is 0 Å². The van der Waals surface area contributed by atoms with Crippen LogP contribution in [0.2, 0.25) is 0 Å². The van der Waals surface area contributed by atoms with Crippen LogP contribution in [0, 0.1) is 12.3 Å². The molecule has 0 aromatic carbocycles. The van der Waals surface area contributed by atoms with Crippen LogP contribution in [0.25, 0.3) is 0 Å². The number of hydrogen-bond donors (Lipinski definition) is 0. The topological polar surface area (TPSA) is 21.1 Å². The summed E-state index contributed by atoms with van der Waals surface area (Å²) in [6.45, 7) is 2.78. The van der Waals surface area contributed by atoms with E-state index in [0.29, 0.717) is 12.6 Å². The molecule has 0 aliphatic rings. The molecule has 1 unspecified atom stereocenters. The number of hydrogen-bond acceptors (Lipinski definition) is 2. The minimum Gasteiger partial charge on any atom is -0.288 e. The maximum atomic E-state index is 5.24. The van der Waals surface area contributed by atoms with Crippen LogP contribution in [0.15, 0.2) is 12.4 Å². The Morgan fingerprint density at radius 2 is 2.46 bits per heavy atom. The zero-order valence-electron chi connectivity index (χ0n) is 8.36. The Bertz CT molecular complexity index is 308. The zero-order chi connectivity index (χ0) is 9.84. The van der Waals surface area contributed by atoms with Crippen LogP contribution in [0.4, 0.5) is 0 Å². The Morgan fingerprint density at radius 1 is 1.77 bits per heavy atom. The second kappa shape index (κ2) is 4.11. The lowest BCUT2D eigenvalue weighted by Crippen LogP contribution is -2.22. The Hall–Kier alpha value is -1.27. The third kappa shape index (κ3) is 2.33. The fourth-order valence-corrected chi connectivity index (χ4v) is 1.19. The molecule has 0 saturated heterocycles. The Morgan fingerprint density at radius 3 is 2.92 bits per heavy atom. The largest absolute Gasteiger partial charge is 0.288 e. The Balaban J connectivity index is 2.68. The van der Waals surface area contributed by atoms with Gasteiger partial charge in [0, 0.05) is 24.8 Å². The number of terminal acetylenes is 1. The summed E-state index contributed by atoms with van der Waals surface area (Å²) in [7, 11) is 3.93. The van der Waals surface area contributed by atoms with Crippen molar-refractivity contribution >= 4 is 0 Å². The van der Waals surface area contributed by atoms with Gasteiger partial charge in [-0.05, 0) is 14.0 Å². The second-order valence-corrected chi connectivity index (χ2v) is 3.24. The Kier molecular flexibility index (Phi) is 3.10. The summed E-state index contributed by atoms with van der Waals surface area (Å²) < 4.78 is 1.80. The van der Waals surface area contributed by atoms with E-state index in [2.05, 4.69) is 22.8 Å². The van der Waals surface area contributed by atoms with E-state index in [1.807, 2.05) is 26.5 Å². The predicted molar refractivity (Wildman–Crippen MR) is 53.1 cm³/mol. The number of rotatable bonds is 3. The van der Waals surface area contributed by atoms with Gasteiger partial charge in [-0.15, -0.1) is 6.42 Å². The summed E-state index contributed by atoms with van der Waals surface area (Å²) in [6.07, 6.45) is 9.12. The number of nitrogens with zero attached hydrogens (tertiary/aromatic N) is 3. The molecule has 0 saturated carbocycles. The molecule has 1 rings (SSSR count). The van der Waals surface area contributed by atoms with E-state index in [4.69, 9.17) is 6.42 Å². The number of aryl methyl sites for hydroxylation is 1. The van der Waals surface area contributed by atoms with Gasteiger partial charge < -0.3 is 0 Å². The van der Waals surface area contributed by atoms with Crippen LogP contribution in [0.3, 0.4) is 0 Å². The van der Waals surface area contributed by atoms with Gasteiger partial charge in [0.1, 0.15) is 0 Å². The first-order valence-electron chi connectivity index (χ1n) is 4.27. The van der Waals surface area contributed by atoms with E-state index in [0.717, 1.165) is 0 Å². The van der Waals surface area contributed by atoms with E-state index in [1.165, 1.54) is 5.56 Å². The molecule has 3 nitrogen and oxygen atoms in total. The molecule has 1 aromatic rings. The predicted octanol–water partition coefficient (Wildman–Crippen LogP) is 1.05. The maximum Gasteiger partial charge on any atom is 0.0601 e. The molecule has 1 aromatic heterocycles. The lowest BCUT2D eigenvalue weighted by Gasteiger charge is -2.20. The van der Waals surface area contributed by atoms with E-state index in [1.54, 1.807) is 4.68 Å². The molecule has 13 heavy (non-hydrogen) atoms. The summed E-state index contributed by atoms with van der Waals surface area (Å²) in [6, 6.07) is 0.324. The van der Waals surface area contributed by atoms with Gasteiger partial charge in [-0.2, -0.15) is 5.10 Å². The molecule has 0 aliphatic heterocycles. The molecule has 1 atom stereocenters. The highest BCUT2D eigenvalue weighted by Gasteiger charge is 2.11. The van der Waals surface area contributed by atoms with Crippen LogP contribution in [-0.2, 0) is 7.05 Å².